The number of carbonyl (C=O) groups is 3. The lowest BCUT2D eigenvalue weighted by Crippen LogP contribution is -2.47. The van der Waals surface area contributed by atoms with E-state index in [1.165, 1.54) is 7.11 Å². The zero-order valence-electron chi connectivity index (χ0n) is 18.9. The fraction of sp³-hybridized carbons (Fsp3) is 0.375. The molecule has 0 aromatic heterocycles. The summed E-state index contributed by atoms with van der Waals surface area (Å²) in [4.78, 5) is 41.4. The van der Waals surface area contributed by atoms with Gasteiger partial charge in [-0.1, -0.05) is 11.6 Å². The predicted octanol–water partition coefficient (Wildman–Crippen LogP) is 2.88. The van der Waals surface area contributed by atoms with Crippen LogP contribution in [0, 0.1) is 0 Å². The molecule has 0 saturated carbocycles. The highest BCUT2D eigenvalue weighted by Crippen LogP contribution is 2.26. The summed E-state index contributed by atoms with van der Waals surface area (Å²) in [5, 5.41) is 6.17. The number of ether oxygens (including phenoxy) is 1. The van der Waals surface area contributed by atoms with Crippen LogP contribution in [0.1, 0.15) is 33.6 Å². The summed E-state index contributed by atoms with van der Waals surface area (Å²) in [5.74, 6) is -0.0254. The molecule has 3 rings (SSSR count). The summed E-state index contributed by atoms with van der Waals surface area (Å²) in [7, 11) is 3.55. The fourth-order valence-corrected chi connectivity index (χ4v) is 3.62. The number of anilines is 1. The average molecular weight is 473 g/mol. The molecule has 0 spiro atoms. The van der Waals surface area contributed by atoms with E-state index in [0.29, 0.717) is 53.6 Å². The van der Waals surface area contributed by atoms with Crippen molar-refractivity contribution in [2.75, 3.05) is 52.2 Å². The van der Waals surface area contributed by atoms with Crippen molar-refractivity contribution < 1.29 is 19.1 Å². The van der Waals surface area contributed by atoms with Gasteiger partial charge in [0.15, 0.2) is 0 Å². The van der Waals surface area contributed by atoms with Gasteiger partial charge in [0, 0.05) is 55.3 Å². The Bertz CT molecular complexity index is 988. The normalized spacial score (nSPS) is 14.0. The molecule has 0 bridgehead atoms. The molecule has 1 aliphatic heterocycles. The van der Waals surface area contributed by atoms with E-state index in [-0.39, 0.29) is 24.1 Å². The minimum absolute atomic E-state index is 0.0637. The van der Waals surface area contributed by atoms with E-state index in [1.54, 1.807) is 42.5 Å². The van der Waals surface area contributed by atoms with Crippen molar-refractivity contribution >= 4 is 35.0 Å². The number of piperazine rings is 1. The van der Waals surface area contributed by atoms with Gasteiger partial charge in [-0.2, -0.15) is 0 Å². The molecule has 1 saturated heterocycles. The number of nitrogens with zero attached hydrogens (tertiary/aromatic N) is 2. The molecule has 0 radical (unpaired) electrons. The summed E-state index contributed by atoms with van der Waals surface area (Å²) in [5.41, 5.74) is 1.47. The Morgan fingerprint density at radius 3 is 2.33 bits per heavy atom. The van der Waals surface area contributed by atoms with E-state index in [9.17, 15) is 14.4 Å². The van der Waals surface area contributed by atoms with Crippen molar-refractivity contribution in [1.29, 1.82) is 0 Å². The van der Waals surface area contributed by atoms with Crippen LogP contribution in [0.15, 0.2) is 42.5 Å². The first-order valence-corrected chi connectivity index (χ1v) is 11.2. The minimum Gasteiger partial charge on any atom is -0.495 e. The Balaban J connectivity index is 1.51. The molecule has 0 unspecified atom stereocenters. The topological polar surface area (TPSA) is 91.0 Å². The Morgan fingerprint density at radius 1 is 1.00 bits per heavy atom. The highest BCUT2D eigenvalue weighted by Gasteiger charge is 2.21. The van der Waals surface area contributed by atoms with Crippen LogP contribution in [0.3, 0.4) is 0 Å². The Morgan fingerprint density at radius 2 is 1.67 bits per heavy atom. The van der Waals surface area contributed by atoms with Crippen molar-refractivity contribution in [1.82, 2.24) is 15.1 Å². The number of rotatable bonds is 8. The summed E-state index contributed by atoms with van der Waals surface area (Å²) in [6.45, 7) is 3.36. The summed E-state index contributed by atoms with van der Waals surface area (Å²) < 4.78 is 5.34. The maximum absolute atomic E-state index is 12.9. The summed E-state index contributed by atoms with van der Waals surface area (Å²) in [6.07, 6.45) is 0.675. The first kappa shape index (κ1) is 24.5. The van der Waals surface area contributed by atoms with E-state index >= 15 is 0 Å². The Labute approximate surface area is 198 Å². The lowest BCUT2D eigenvalue weighted by Gasteiger charge is -2.32. The van der Waals surface area contributed by atoms with Gasteiger partial charge < -0.3 is 25.2 Å². The number of hydrogen-bond donors (Lipinski definition) is 2. The van der Waals surface area contributed by atoms with Crippen molar-refractivity contribution in [2.45, 2.75) is 12.8 Å². The second-order valence-electron chi connectivity index (χ2n) is 7.93. The Kier molecular flexibility index (Phi) is 8.68. The van der Waals surface area contributed by atoms with Crippen LogP contribution in [0.4, 0.5) is 5.69 Å². The predicted molar refractivity (Wildman–Crippen MR) is 128 cm³/mol. The molecule has 33 heavy (non-hydrogen) atoms. The van der Waals surface area contributed by atoms with Crippen molar-refractivity contribution in [3.05, 3.63) is 58.6 Å². The smallest absolute Gasteiger partial charge is 0.254 e. The molecule has 3 amide bonds. The van der Waals surface area contributed by atoms with E-state index in [1.807, 2.05) is 11.9 Å². The summed E-state index contributed by atoms with van der Waals surface area (Å²) in [6, 6.07) is 11.6. The van der Waals surface area contributed by atoms with Gasteiger partial charge in [-0.3, -0.25) is 14.4 Å². The van der Waals surface area contributed by atoms with Crippen molar-refractivity contribution in [3.8, 4) is 5.75 Å². The molecule has 1 heterocycles. The van der Waals surface area contributed by atoms with Crippen LogP contribution in [0.5, 0.6) is 5.75 Å². The zero-order valence-corrected chi connectivity index (χ0v) is 19.7. The van der Waals surface area contributed by atoms with E-state index in [0.717, 1.165) is 13.1 Å². The highest BCUT2D eigenvalue weighted by atomic mass is 35.5. The first-order chi connectivity index (χ1) is 15.9. The third-order valence-corrected chi connectivity index (χ3v) is 5.74. The zero-order chi connectivity index (χ0) is 23.8. The maximum atomic E-state index is 12.9. The lowest BCUT2D eigenvalue weighted by molar-refractivity contribution is -0.116. The van der Waals surface area contributed by atoms with Crippen molar-refractivity contribution in [3.63, 3.8) is 0 Å². The molecule has 2 aromatic carbocycles. The van der Waals surface area contributed by atoms with Crippen LogP contribution < -0.4 is 15.4 Å². The number of nitrogens with one attached hydrogen (secondary N) is 2. The first-order valence-electron chi connectivity index (χ1n) is 10.9. The number of benzene rings is 2. The number of hydrogen-bond acceptors (Lipinski definition) is 5. The molecule has 2 N–H and O–H groups in total. The third-order valence-electron chi connectivity index (χ3n) is 5.48. The molecule has 1 aliphatic rings. The molecular weight excluding hydrogens is 444 g/mol. The SMILES string of the molecule is COc1ccc(C(=O)N2CCN(C)CC2)cc1NC(=O)CCCNC(=O)c1ccc(Cl)cc1. The molecule has 8 nitrogen and oxygen atoms in total. The fourth-order valence-electron chi connectivity index (χ4n) is 3.50. The van der Waals surface area contributed by atoms with Crippen LogP contribution in [0.25, 0.3) is 0 Å². The van der Waals surface area contributed by atoms with Gasteiger partial charge in [0.2, 0.25) is 5.91 Å². The number of halogens is 1. The van der Waals surface area contributed by atoms with Gasteiger partial charge in [-0.25, -0.2) is 0 Å². The largest absolute Gasteiger partial charge is 0.495 e. The highest BCUT2D eigenvalue weighted by molar-refractivity contribution is 6.30. The third kappa shape index (κ3) is 6.94. The summed E-state index contributed by atoms with van der Waals surface area (Å²) >= 11 is 5.83. The van der Waals surface area contributed by atoms with Crippen LogP contribution in [-0.2, 0) is 4.79 Å². The monoisotopic (exact) mass is 472 g/mol. The molecule has 176 valence electrons. The Hall–Kier alpha value is -3.10. The van der Waals surface area contributed by atoms with Crippen LogP contribution in [-0.4, -0.2) is 74.4 Å². The van der Waals surface area contributed by atoms with Gasteiger partial charge in [-0.05, 0) is 55.9 Å². The van der Waals surface area contributed by atoms with Crippen LogP contribution in [0.2, 0.25) is 5.02 Å². The number of amides is 3. The quantitative estimate of drug-likeness (QED) is 0.576. The van der Waals surface area contributed by atoms with E-state index < -0.39 is 0 Å². The maximum Gasteiger partial charge on any atom is 0.254 e. The minimum atomic E-state index is -0.224. The van der Waals surface area contributed by atoms with Gasteiger partial charge in [0.25, 0.3) is 11.8 Å². The van der Waals surface area contributed by atoms with Gasteiger partial charge in [-0.15, -0.1) is 0 Å². The van der Waals surface area contributed by atoms with Gasteiger partial charge in [0.05, 0.1) is 12.8 Å². The van der Waals surface area contributed by atoms with Gasteiger partial charge >= 0.3 is 0 Å². The van der Waals surface area contributed by atoms with E-state index in [2.05, 4.69) is 15.5 Å². The second-order valence-corrected chi connectivity index (χ2v) is 8.36. The van der Waals surface area contributed by atoms with Gasteiger partial charge in [0.1, 0.15) is 5.75 Å². The second kappa shape index (κ2) is 11.7. The molecule has 1 fully saturated rings. The molecule has 0 atom stereocenters. The number of methoxy groups -OCH3 is 1. The lowest BCUT2D eigenvalue weighted by atomic mass is 10.1. The number of carbonyl (C=O) groups excluding carboxylic acids is 3. The molecule has 0 aliphatic carbocycles. The van der Waals surface area contributed by atoms with Crippen LogP contribution >= 0.6 is 11.6 Å². The van der Waals surface area contributed by atoms with E-state index in [4.69, 9.17) is 16.3 Å². The number of likely N-dealkylation sites (N-methyl/N-ethyl adjacent to an activating group) is 1. The molecule has 2 aromatic rings. The molecule has 9 heteroatoms. The molecular formula is C24H29ClN4O4. The average Bonchev–Trinajstić information content (AvgIpc) is 2.82. The standard InChI is InChI=1S/C24H29ClN4O4/c1-28-12-14-29(15-13-28)24(32)18-7-10-21(33-2)20(16-18)27-22(30)4-3-11-26-23(31)17-5-8-19(25)9-6-17/h5-10,16H,3-4,11-15H2,1-2H3,(H,26,31)(H,27,30). The van der Waals surface area contributed by atoms with Crippen molar-refractivity contribution in [2.24, 2.45) is 0 Å².